The van der Waals surface area contributed by atoms with E-state index in [9.17, 15) is 19.2 Å². The van der Waals surface area contributed by atoms with Gasteiger partial charge < -0.3 is 20.7 Å². The van der Waals surface area contributed by atoms with Gasteiger partial charge in [0.05, 0.1) is 0 Å². The van der Waals surface area contributed by atoms with Gasteiger partial charge in [0.2, 0.25) is 11.7 Å². The Hall–Kier alpha value is -2.12. The van der Waals surface area contributed by atoms with Crippen molar-refractivity contribution in [2.45, 2.75) is 115 Å². The van der Waals surface area contributed by atoms with E-state index in [-0.39, 0.29) is 11.5 Å². The average Bonchev–Trinajstić information content (AvgIpc) is 3.33. The Morgan fingerprint density at radius 2 is 1.61 bits per heavy atom. The third kappa shape index (κ3) is 6.20. The van der Waals surface area contributed by atoms with Crippen LogP contribution >= 0.6 is 0 Å². The van der Waals surface area contributed by atoms with Crippen molar-refractivity contribution < 1.29 is 23.9 Å². The van der Waals surface area contributed by atoms with Gasteiger partial charge in [-0.3, -0.25) is 14.4 Å². The molecule has 0 bridgehead atoms. The van der Waals surface area contributed by atoms with E-state index in [1.807, 2.05) is 0 Å². The molecule has 0 aromatic carbocycles. The van der Waals surface area contributed by atoms with Gasteiger partial charge in [-0.25, -0.2) is 4.79 Å². The van der Waals surface area contributed by atoms with Crippen molar-refractivity contribution in [1.82, 2.24) is 16.0 Å². The van der Waals surface area contributed by atoms with Crippen LogP contribution in [-0.2, 0) is 19.1 Å². The number of Topliss-reactive ketones (excluding diaryl/α,β-unsaturated/α-hetero) is 1. The maximum absolute atomic E-state index is 13.3. The fourth-order valence-electron chi connectivity index (χ4n) is 4.54. The van der Waals surface area contributed by atoms with Crippen LogP contribution in [-0.4, -0.2) is 46.9 Å². The maximum Gasteiger partial charge on any atom is 0.408 e. The summed E-state index contributed by atoms with van der Waals surface area (Å²) in [6.07, 6.45) is 7.40. The molecule has 0 aromatic heterocycles. The molecule has 8 heteroatoms. The molecule has 3 amide bonds. The van der Waals surface area contributed by atoms with Crippen LogP contribution < -0.4 is 16.0 Å². The predicted octanol–water partition coefficient (Wildman–Crippen LogP) is 2.74. The molecule has 31 heavy (non-hydrogen) atoms. The molecule has 0 saturated heterocycles. The van der Waals surface area contributed by atoms with Crippen molar-refractivity contribution in [2.24, 2.45) is 5.41 Å². The van der Waals surface area contributed by atoms with E-state index in [2.05, 4.69) is 22.9 Å². The summed E-state index contributed by atoms with van der Waals surface area (Å²) in [6, 6.07) is -0.747. The van der Waals surface area contributed by atoms with Crippen molar-refractivity contribution >= 4 is 23.7 Å². The molecule has 174 valence electrons. The Morgan fingerprint density at radius 1 is 1.00 bits per heavy atom. The molecular formula is C23H37N3O5. The van der Waals surface area contributed by atoms with Gasteiger partial charge in [0.1, 0.15) is 17.2 Å². The van der Waals surface area contributed by atoms with Crippen LogP contribution in [0.1, 0.15) is 91.9 Å². The summed E-state index contributed by atoms with van der Waals surface area (Å²) in [5, 5.41) is 8.29. The van der Waals surface area contributed by atoms with E-state index < -0.39 is 40.9 Å². The van der Waals surface area contributed by atoms with Crippen molar-refractivity contribution in [3.8, 4) is 0 Å². The second-order valence-corrected chi connectivity index (χ2v) is 10.9. The van der Waals surface area contributed by atoms with Crippen LogP contribution in [0, 0.1) is 5.41 Å². The number of hydrogen-bond acceptors (Lipinski definition) is 5. The molecule has 3 saturated carbocycles. The lowest BCUT2D eigenvalue weighted by molar-refractivity contribution is -0.146. The number of carbonyl (C=O) groups excluding carboxylic acids is 4. The number of hydrogen-bond donors (Lipinski definition) is 3. The molecule has 0 spiro atoms. The van der Waals surface area contributed by atoms with Gasteiger partial charge in [-0.1, -0.05) is 19.8 Å². The molecule has 8 nitrogen and oxygen atoms in total. The second-order valence-electron chi connectivity index (χ2n) is 10.9. The number of ketones is 1. The summed E-state index contributed by atoms with van der Waals surface area (Å²) in [5.74, 6) is -1.63. The van der Waals surface area contributed by atoms with E-state index in [4.69, 9.17) is 4.74 Å². The average molecular weight is 436 g/mol. The second kappa shape index (κ2) is 8.79. The Labute approximate surface area is 184 Å². The summed E-state index contributed by atoms with van der Waals surface area (Å²) in [5.41, 5.74) is -1.91. The third-order valence-electron chi connectivity index (χ3n) is 6.64. The Bertz CT molecular complexity index is 728. The van der Waals surface area contributed by atoms with Gasteiger partial charge in [0.15, 0.2) is 0 Å². The minimum Gasteiger partial charge on any atom is -0.444 e. The normalized spacial score (nSPS) is 22.6. The number of rotatable bonds is 8. The molecule has 0 aromatic rings. The van der Waals surface area contributed by atoms with E-state index in [1.165, 1.54) is 0 Å². The minimum absolute atomic E-state index is 0.0584. The molecule has 0 unspecified atom stereocenters. The zero-order chi connectivity index (χ0) is 22.9. The summed E-state index contributed by atoms with van der Waals surface area (Å²) in [7, 11) is 0. The lowest BCUT2D eigenvalue weighted by Crippen LogP contribution is -2.65. The Balaban J connectivity index is 1.70. The van der Waals surface area contributed by atoms with Crippen molar-refractivity contribution in [3.63, 3.8) is 0 Å². The number of alkyl carbamates (subject to hydrolysis) is 1. The molecule has 3 N–H and O–H groups in total. The summed E-state index contributed by atoms with van der Waals surface area (Å²) >= 11 is 0. The first-order valence-corrected chi connectivity index (χ1v) is 11.6. The van der Waals surface area contributed by atoms with Gasteiger partial charge in [0, 0.05) is 6.04 Å². The quantitative estimate of drug-likeness (QED) is 0.507. The van der Waals surface area contributed by atoms with Gasteiger partial charge in [-0.2, -0.15) is 0 Å². The van der Waals surface area contributed by atoms with Gasteiger partial charge in [-0.05, 0) is 77.6 Å². The Morgan fingerprint density at radius 3 is 2.10 bits per heavy atom. The molecule has 3 aliphatic rings. The number of nitrogens with one attached hydrogen (secondary N) is 3. The first-order chi connectivity index (χ1) is 14.4. The van der Waals surface area contributed by atoms with Gasteiger partial charge in [0.25, 0.3) is 5.91 Å². The van der Waals surface area contributed by atoms with Crippen molar-refractivity contribution in [3.05, 3.63) is 0 Å². The monoisotopic (exact) mass is 435 g/mol. The van der Waals surface area contributed by atoms with E-state index in [0.717, 1.165) is 44.9 Å². The Kier molecular flexibility index (Phi) is 6.67. The van der Waals surface area contributed by atoms with E-state index in [0.29, 0.717) is 19.3 Å². The van der Waals surface area contributed by atoms with Crippen LogP contribution in [0.4, 0.5) is 4.79 Å². The summed E-state index contributed by atoms with van der Waals surface area (Å²) in [4.78, 5) is 50.9. The fourth-order valence-corrected chi connectivity index (χ4v) is 4.54. The molecule has 3 aliphatic carbocycles. The molecule has 1 atom stereocenters. The highest BCUT2D eigenvalue weighted by Crippen LogP contribution is 2.41. The topological polar surface area (TPSA) is 114 Å². The van der Waals surface area contributed by atoms with Crippen LogP contribution in [0.2, 0.25) is 0 Å². The minimum atomic E-state index is -1.17. The van der Waals surface area contributed by atoms with Gasteiger partial charge in [-0.15, -0.1) is 0 Å². The standard InChI is InChI=1S/C23H37N3O5/c1-21(2,3)31-20(30)25-16(14-22(4)10-5-6-11-22)18(28)26-23(12-7-13-23)17(27)19(29)24-15-8-9-15/h15-16H,5-14H2,1-4H3,(H,24,29)(H,25,30)(H,26,28)/t16-/m0/s1. The van der Waals surface area contributed by atoms with Crippen molar-refractivity contribution in [2.75, 3.05) is 0 Å². The van der Waals surface area contributed by atoms with Crippen LogP contribution in [0.5, 0.6) is 0 Å². The summed E-state index contributed by atoms with van der Waals surface area (Å²) < 4.78 is 5.36. The molecular weight excluding hydrogens is 398 g/mol. The zero-order valence-corrected chi connectivity index (χ0v) is 19.3. The van der Waals surface area contributed by atoms with Crippen LogP contribution in [0.3, 0.4) is 0 Å². The molecule has 3 fully saturated rings. The summed E-state index contributed by atoms with van der Waals surface area (Å²) in [6.45, 7) is 7.42. The maximum atomic E-state index is 13.3. The first-order valence-electron chi connectivity index (χ1n) is 11.6. The highest BCUT2D eigenvalue weighted by Gasteiger charge is 2.50. The molecule has 0 radical (unpaired) electrons. The van der Waals surface area contributed by atoms with Crippen molar-refractivity contribution in [1.29, 1.82) is 0 Å². The number of amides is 3. The van der Waals surface area contributed by atoms with E-state index in [1.54, 1.807) is 20.8 Å². The first kappa shape index (κ1) is 23.5. The smallest absolute Gasteiger partial charge is 0.408 e. The molecule has 0 heterocycles. The fraction of sp³-hybridized carbons (Fsp3) is 0.826. The van der Waals surface area contributed by atoms with Gasteiger partial charge >= 0.3 is 6.09 Å². The third-order valence-corrected chi connectivity index (χ3v) is 6.64. The van der Waals surface area contributed by atoms with E-state index >= 15 is 0 Å². The molecule has 3 rings (SSSR count). The highest BCUT2D eigenvalue weighted by molar-refractivity contribution is 6.40. The highest BCUT2D eigenvalue weighted by atomic mass is 16.6. The largest absolute Gasteiger partial charge is 0.444 e. The number of ether oxygens (including phenoxy) is 1. The lowest BCUT2D eigenvalue weighted by Gasteiger charge is -2.41. The lowest BCUT2D eigenvalue weighted by atomic mass is 9.72. The van der Waals surface area contributed by atoms with Crippen LogP contribution in [0.15, 0.2) is 0 Å². The number of carbonyl (C=O) groups is 4. The SMILES string of the molecule is CC1(C[C@H](NC(=O)OC(C)(C)C)C(=O)NC2(C(=O)C(=O)NC3CC3)CCC2)CCCC1. The zero-order valence-electron chi connectivity index (χ0n) is 19.3. The van der Waals surface area contributed by atoms with Crippen LogP contribution in [0.25, 0.3) is 0 Å². The predicted molar refractivity (Wildman–Crippen MR) is 115 cm³/mol. The molecule has 0 aliphatic heterocycles.